The van der Waals surface area contributed by atoms with Crippen LogP contribution in [0, 0.1) is 17.8 Å². The Kier molecular flexibility index (Phi) is 7.55. The molecule has 9 heteroatoms. The van der Waals surface area contributed by atoms with Crippen molar-refractivity contribution in [1.29, 1.82) is 0 Å². The van der Waals surface area contributed by atoms with E-state index in [0.29, 0.717) is 53.4 Å². The molecule has 3 aromatic rings. The summed E-state index contributed by atoms with van der Waals surface area (Å²) in [7, 11) is 1.30. The van der Waals surface area contributed by atoms with Crippen molar-refractivity contribution in [2.24, 2.45) is 17.8 Å². The zero-order valence-electron chi connectivity index (χ0n) is 20.8. The summed E-state index contributed by atoms with van der Waals surface area (Å²) in [6.45, 7) is 4.28. The SMILES string of the molecule is COC(=O)c1nc(-c2cccc(Cl)c2)c2c(n1)nc(C(O)C1CCOCC1)n2C[C@H]1CC[C@H](C)CC1. The molecule has 8 nitrogen and oxygen atoms in total. The van der Waals surface area contributed by atoms with Crippen LogP contribution >= 0.6 is 11.6 Å². The number of carbonyl (C=O) groups is 1. The average molecular weight is 513 g/mol. The molecule has 0 bridgehead atoms. The number of carbonyl (C=O) groups excluding carboxylic acids is 1. The van der Waals surface area contributed by atoms with Crippen LogP contribution in [-0.4, -0.2) is 50.9 Å². The average Bonchev–Trinajstić information content (AvgIpc) is 3.27. The lowest BCUT2D eigenvalue weighted by molar-refractivity contribution is 0.00228. The van der Waals surface area contributed by atoms with Crippen LogP contribution in [0.5, 0.6) is 0 Å². The Balaban J connectivity index is 1.69. The zero-order chi connectivity index (χ0) is 25.2. The Hall–Kier alpha value is -2.55. The fourth-order valence-electron chi connectivity index (χ4n) is 5.50. The quantitative estimate of drug-likeness (QED) is 0.452. The number of hydrogen-bond donors (Lipinski definition) is 1. The summed E-state index contributed by atoms with van der Waals surface area (Å²) in [5, 5.41) is 12.1. The molecule has 1 saturated carbocycles. The molecule has 2 aliphatic rings. The number of esters is 1. The topological polar surface area (TPSA) is 99.4 Å². The Morgan fingerprint density at radius 2 is 1.92 bits per heavy atom. The van der Waals surface area contributed by atoms with E-state index in [1.807, 2.05) is 18.2 Å². The van der Waals surface area contributed by atoms with Crippen molar-refractivity contribution in [3.05, 3.63) is 40.9 Å². The smallest absolute Gasteiger partial charge is 0.376 e. The van der Waals surface area contributed by atoms with E-state index in [1.165, 1.54) is 20.0 Å². The van der Waals surface area contributed by atoms with Crippen LogP contribution < -0.4 is 0 Å². The number of benzene rings is 1. The first-order chi connectivity index (χ1) is 17.4. The zero-order valence-corrected chi connectivity index (χ0v) is 21.6. The largest absolute Gasteiger partial charge is 0.463 e. The molecule has 0 amide bonds. The Morgan fingerprint density at radius 3 is 2.61 bits per heavy atom. The first-order valence-corrected chi connectivity index (χ1v) is 13.2. The second-order valence-electron chi connectivity index (χ2n) is 10.2. The highest BCUT2D eigenvalue weighted by Gasteiger charge is 2.32. The minimum absolute atomic E-state index is 0.0448. The number of rotatable bonds is 6. The third-order valence-corrected chi connectivity index (χ3v) is 7.89. The summed E-state index contributed by atoms with van der Waals surface area (Å²) in [6.07, 6.45) is 5.41. The maximum absolute atomic E-state index is 12.5. The van der Waals surface area contributed by atoms with Crippen LogP contribution in [0.4, 0.5) is 0 Å². The predicted octanol–water partition coefficient (Wildman–Crippen LogP) is 5.22. The molecule has 1 aliphatic heterocycles. The molecule has 0 radical (unpaired) electrons. The van der Waals surface area contributed by atoms with E-state index < -0.39 is 12.1 Å². The molecule has 192 valence electrons. The van der Waals surface area contributed by atoms with Gasteiger partial charge in [-0.25, -0.2) is 19.7 Å². The monoisotopic (exact) mass is 512 g/mol. The number of aliphatic hydroxyl groups is 1. The fourth-order valence-corrected chi connectivity index (χ4v) is 5.69. The number of ether oxygens (including phenoxy) is 2. The van der Waals surface area contributed by atoms with Crippen molar-refractivity contribution in [3.63, 3.8) is 0 Å². The third-order valence-electron chi connectivity index (χ3n) is 7.65. The Bertz CT molecular complexity index is 1230. The highest BCUT2D eigenvalue weighted by Crippen LogP contribution is 2.37. The Labute approximate surface area is 216 Å². The molecule has 3 heterocycles. The maximum atomic E-state index is 12.5. The lowest BCUT2D eigenvalue weighted by Crippen LogP contribution is -2.26. The second kappa shape index (κ2) is 10.8. The number of aliphatic hydroxyl groups excluding tert-OH is 1. The van der Waals surface area contributed by atoms with Crippen LogP contribution in [0.15, 0.2) is 24.3 Å². The third kappa shape index (κ3) is 5.12. The summed E-state index contributed by atoms with van der Waals surface area (Å²) in [5.74, 6) is 1.12. The van der Waals surface area contributed by atoms with Gasteiger partial charge in [0.1, 0.15) is 23.1 Å². The van der Waals surface area contributed by atoms with Crippen LogP contribution in [0.2, 0.25) is 5.02 Å². The highest BCUT2D eigenvalue weighted by atomic mass is 35.5. The van der Waals surface area contributed by atoms with Gasteiger partial charge in [0.15, 0.2) is 5.65 Å². The maximum Gasteiger partial charge on any atom is 0.376 e. The number of imidazole rings is 1. The van der Waals surface area contributed by atoms with Crippen molar-refractivity contribution in [2.75, 3.05) is 20.3 Å². The lowest BCUT2D eigenvalue weighted by atomic mass is 9.83. The van der Waals surface area contributed by atoms with Crippen LogP contribution in [-0.2, 0) is 16.0 Å². The molecule has 0 spiro atoms. The van der Waals surface area contributed by atoms with Gasteiger partial charge in [0.05, 0.1) is 7.11 Å². The molecule has 1 aliphatic carbocycles. The number of fused-ring (bicyclic) bond motifs is 1. The molecule has 1 atom stereocenters. The van der Waals surface area contributed by atoms with Gasteiger partial charge in [-0.2, -0.15) is 0 Å². The van der Waals surface area contributed by atoms with E-state index >= 15 is 0 Å². The van der Waals surface area contributed by atoms with Crippen molar-refractivity contribution < 1.29 is 19.4 Å². The van der Waals surface area contributed by atoms with Crippen LogP contribution in [0.25, 0.3) is 22.4 Å². The minimum atomic E-state index is -0.764. The van der Waals surface area contributed by atoms with E-state index in [2.05, 4.69) is 21.5 Å². The predicted molar refractivity (Wildman–Crippen MR) is 137 cm³/mol. The molecule has 5 rings (SSSR count). The summed E-state index contributed by atoms with van der Waals surface area (Å²) < 4.78 is 12.6. The van der Waals surface area contributed by atoms with Gasteiger partial charge in [-0.3, -0.25) is 0 Å². The summed E-state index contributed by atoms with van der Waals surface area (Å²) in [4.78, 5) is 26.4. The number of methoxy groups -OCH3 is 1. The molecule has 2 aromatic heterocycles. The van der Waals surface area contributed by atoms with Gasteiger partial charge < -0.3 is 19.1 Å². The molecular formula is C27H33ClN4O4. The normalized spacial score (nSPS) is 22.0. The number of nitrogens with zero attached hydrogens (tertiary/aromatic N) is 4. The molecule has 2 fully saturated rings. The van der Waals surface area contributed by atoms with Gasteiger partial charge in [0, 0.05) is 30.3 Å². The number of halogens is 1. The summed E-state index contributed by atoms with van der Waals surface area (Å²) in [5.41, 5.74) is 2.41. The molecule has 1 aromatic carbocycles. The fraction of sp³-hybridized carbons (Fsp3) is 0.556. The first kappa shape index (κ1) is 25.1. The molecule has 1 saturated heterocycles. The standard InChI is InChI=1S/C27H33ClN4O4/c1-16-6-8-17(9-7-16)15-32-22-21(19-4-3-5-20(28)14-19)29-25(27(34)35-2)30-24(22)31-26(32)23(33)18-10-12-36-13-11-18/h3-5,14,16-18,23,33H,6-13,15H2,1-2H3/t16-,17-,23?. The Morgan fingerprint density at radius 1 is 1.17 bits per heavy atom. The number of hydrogen-bond acceptors (Lipinski definition) is 7. The van der Waals surface area contributed by atoms with Crippen LogP contribution in [0.1, 0.15) is 68.0 Å². The van der Waals surface area contributed by atoms with Gasteiger partial charge >= 0.3 is 5.97 Å². The molecular weight excluding hydrogens is 480 g/mol. The highest BCUT2D eigenvalue weighted by molar-refractivity contribution is 6.30. The number of aromatic nitrogens is 4. The van der Waals surface area contributed by atoms with Crippen molar-refractivity contribution in [1.82, 2.24) is 19.5 Å². The van der Waals surface area contributed by atoms with Gasteiger partial charge in [-0.1, -0.05) is 43.5 Å². The van der Waals surface area contributed by atoms with Crippen molar-refractivity contribution in [2.45, 2.75) is 58.1 Å². The summed E-state index contributed by atoms with van der Waals surface area (Å²) in [6, 6.07) is 7.37. The van der Waals surface area contributed by atoms with Gasteiger partial charge in [0.2, 0.25) is 5.82 Å². The summed E-state index contributed by atoms with van der Waals surface area (Å²) >= 11 is 6.33. The van der Waals surface area contributed by atoms with Crippen molar-refractivity contribution in [3.8, 4) is 11.3 Å². The van der Waals surface area contributed by atoms with E-state index in [-0.39, 0.29) is 11.7 Å². The van der Waals surface area contributed by atoms with Crippen molar-refractivity contribution >= 4 is 28.7 Å². The second-order valence-corrected chi connectivity index (χ2v) is 10.6. The van der Waals surface area contributed by atoms with Gasteiger partial charge in [0.25, 0.3) is 0 Å². The van der Waals surface area contributed by atoms with Gasteiger partial charge in [-0.15, -0.1) is 0 Å². The molecule has 36 heavy (non-hydrogen) atoms. The van der Waals surface area contributed by atoms with E-state index in [1.54, 1.807) is 6.07 Å². The van der Waals surface area contributed by atoms with Crippen LogP contribution in [0.3, 0.4) is 0 Å². The molecule has 1 unspecified atom stereocenters. The van der Waals surface area contributed by atoms with E-state index in [4.69, 9.17) is 26.1 Å². The van der Waals surface area contributed by atoms with Gasteiger partial charge in [-0.05, 0) is 55.6 Å². The minimum Gasteiger partial charge on any atom is -0.463 e. The first-order valence-electron chi connectivity index (χ1n) is 12.8. The van der Waals surface area contributed by atoms with E-state index in [0.717, 1.165) is 37.2 Å². The van der Waals surface area contributed by atoms with E-state index in [9.17, 15) is 9.90 Å². The lowest BCUT2D eigenvalue weighted by Gasteiger charge is -2.30. The molecule has 1 N–H and O–H groups in total.